The third-order valence-corrected chi connectivity index (χ3v) is 6.64. The first-order valence-corrected chi connectivity index (χ1v) is 10.6. The van der Waals surface area contributed by atoms with Crippen LogP contribution in [0.1, 0.15) is 45.1 Å². The minimum absolute atomic E-state index is 0.231. The van der Waals surface area contributed by atoms with Gasteiger partial charge in [-0.25, -0.2) is 4.79 Å². The Kier molecular flexibility index (Phi) is 4.86. The monoisotopic (exact) mass is 403 g/mol. The van der Waals surface area contributed by atoms with Crippen molar-refractivity contribution in [3.8, 4) is 0 Å². The normalized spacial score (nSPS) is 23.5. The summed E-state index contributed by atoms with van der Waals surface area (Å²) in [5.74, 6) is -0.696. The van der Waals surface area contributed by atoms with E-state index in [0.717, 1.165) is 30.6 Å². The maximum absolute atomic E-state index is 13.7. The molecular formula is C21H26ClN3O3. The van der Waals surface area contributed by atoms with Crippen molar-refractivity contribution in [2.75, 3.05) is 24.5 Å². The van der Waals surface area contributed by atoms with Crippen LogP contribution in [0.25, 0.3) is 0 Å². The maximum Gasteiger partial charge on any atom is 0.333 e. The number of anilines is 1. The molecule has 7 heteroatoms. The van der Waals surface area contributed by atoms with Crippen molar-refractivity contribution in [2.24, 2.45) is 5.41 Å². The first-order chi connectivity index (χ1) is 13.5. The van der Waals surface area contributed by atoms with Gasteiger partial charge in [0.25, 0.3) is 0 Å². The number of benzene rings is 1. The minimum Gasteiger partial charge on any atom is -0.367 e. The molecule has 0 aromatic heterocycles. The molecular weight excluding hydrogens is 378 g/mol. The van der Waals surface area contributed by atoms with Gasteiger partial charge in [0.2, 0.25) is 11.8 Å². The van der Waals surface area contributed by atoms with Gasteiger partial charge in [0.15, 0.2) is 5.41 Å². The van der Waals surface area contributed by atoms with E-state index in [2.05, 4.69) is 4.90 Å². The van der Waals surface area contributed by atoms with Gasteiger partial charge in [-0.15, -0.1) is 0 Å². The largest absolute Gasteiger partial charge is 0.367 e. The first-order valence-electron chi connectivity index (χ1n) is 10.2. The summed E-state index contributed by atoms with van der Waals surface area (Å²) in [6.45, 7) is 5.31. The highest BCUT2D eigenvalue weighted by Crippen LogP contribution is 2.51. The molecule has 3 aliphatic heterocycles. The molecule has 1 atom stereocenters. The molecule has 1 aromatic rings. The summed E-state index contributed by atoms with van der Waals surface area (Å²) in [4.78, 5) is 45.1. The summed E-state index contributed by atoms with van der Waals surface area (Å²) in [7, 11) is 0. The van der Waals surface area contributed by atoms with Crippen molar-refractivity contribution in [1.29, 1.82) is 0 Å². The Bertz CT molecular complexity index is 812. The Hall–Kier alpha value is -2.08. The smallest absolute Gasteiger partial charge is 0.333 e. The second-order valence-corrected chi connectivity index (χ2v) is 8.34. The molecule has 0 radical (unpaired) electrons. The van der Waals surface area contributed by atoms with E-state index in [0.29, 0.717) is 31.0 Å². The molecule has 1 unspecified atom stereocenters. The Labute approximate surface area is 170 Å². The first kappa shape index (κ1) is 19.2. The van der Waals surface area contributed by atoms with Crippen LogP contribution >= 0.6 is 11.6 Å². The SMILES string of the molecule is CCCN1C(=O)N(CCC)C(=O)C2(Cc3c(Cl)cccc3N3CCCC32)C1=O. The topological polar surface area (TPSA) is 60.9 Å². The molecule has 6 nitrogen and oxygen atoms in total. The van der Waals surface area contributed by atoms with Gasteiger partial charge in [0.05, 0.1) is 6.04 Å². The lowest BCUT2D eigenvalue weighted by atomic mass is 9.68. The Morgan fingerprint density at radius 3 is 2.32 bits per heavy atom. The van der Waals surface area contributed by atoms with Crippen LogP contribution in [-0.2, 0) is 16.0 Å². The van der Waals surface area contributed by atoms with Crippen LogP contribution in [0.3, 0.4) is 0 Å². The van der Waals surface area contributed by atoms with Crippen molar-refractivity contribution in [1.82, 2.24) is 9.80 Å². The number of rotatable bonds is 4. The molecule has 0 N–H and O–H groups in total. The van der Waals surface area contributed by atoms with Gasteiger partial charge < -0.3 is 4.90 Å². The summed E-state index contributed by atoms with van der Waals surface area (Å²) in [6.07, 6.45) is 3.25. The zero-order valence-corrected chi connectivity index (χ0v) is 17.2. The van der Waals surface area contributed by atoms with Gasteiger partial charge in [-0.3, -0.25) is 19.4 Å². The van der Waals surface area contributed by atoms with E-state index in [1.807, 2.05) is 26.0 Å². The van der Waals surface area contributed by atoms with Gasteiger partial charge in [-0.1, -0.05) is 31.5 Å². The van der Waals surface area contributed by atoms with Crippen molar-refractivity contribution >= 4 is 35.1 Å². The van der Waals surface area contributed by atoms with E-state index in [1.165, 1.54) is 9.80 Å². The third-order valence-electron chi connectivity index (χ3n) is 6.29. The number of urea groups is 1. The lowest BCUT2D eigenvalue weighted by molar-refractivity contribution is -0.161. The lowest BCUT2D eigenvalue weighted by Crippen LogP contribution is -2.72. The number of carbonyl (C=O) groups excluding carboxylic acids is 3. The van der Waals surface area contributed by atoms with Crippen LogP contribution in [0.15, 0.2) is 18.2 Å². The number of halogens is 1. The number of hydrogen-bond acceptors (Lipinski definition) is 4. The Balaban J connectivity index is 1.90. The average Bonchev–Trinajstić information content (AvgIpc) is 3.18. The van der Waals surface area contributed by atoms with Crippen molar-refractivity contribution in [3.05, 3.63) is 28.8 Å². The highest BCUT2D eigenvalue weighted by atomic mass is 35.5. The molecule has 2 fully saturated rings. The number of amides is 4. The number of hydrogen-bond donors (Lipinski definition) is 0. The van der Waals surface area contributed by atoms with Gasteiger partial charge in [0.1, 0.15) is 0 Å². The molecule has 0 aliphatic carbocycles. The molecule has 1 spiro atoms. The summed E-state index contributed by atoms with van der Waals surface area (Å²) in [5, 5.41) is 0.573. The number of imide groups is 2. The molecule has 1 aromatic carbocycles. The number of fused-ring (bicyclic) bond motifs is 4. The predicted molar refractivity (Wildman–Crippen MR) is 107 cm³/mol. The zero-order valence-electron chi connectivity index (χ0n) is 16.4. The molecule has 0 saturated carbocycles. The number of nitrogens with zero attached hydrogens (tertiary/aromatic N) is 3. The van der Waals surface area contributed by atoms with Crippen LogP contribution in [0, 0.1) is 5.41 Å². The molecule has 4 amide bonds. The summed E-state index contributed by atoms with van der Waals surface area (Å²) in [5.41, 5.74) is 0.584. The van der Waals surface area contributed by atoms with E-state index >= 15 is 0 Å². The van der Waals surface area contributed by atoms with Crippen molar-refractivity contribution in [2.45, 2.75) is 52.0 Å². The zero-order chi connectivity index (χ0) is 20.1. The molecule has 3 heterocycles. The quantitative estimate of drug-likeness (QED) is 0.722. The van der Waals surface area contributed by atoms with Crippen LogP contribution in [0.5, 0.6) is 0 Å². The molecule has 3 aliphatic rings. The van der Waals surface area contributed by atoms with Crippen LogP contribution < -0.4 is 4.90 Å². The van der Waals surface area contributed by atoms with Gasteiger partial charge in [-0.2, -0.15) is 0 Å². The van der Waals surface area contributed by atoms with E-state index in [4.69, 9.17) is 11.6 Å². The second-order valence-electron chi connectivity index (χ2n) is 7.93. The second kappa shape index (κ2) is 7.07. The van der Waals surface area contributed by atoms with E-state index < -0.39 is 11.4 Å². The van der Waals surface area contributed by atoms with Crippen LogP contribution in [0.4, 0.5) is 10.5 Å². The van der Waals surface area contributed by atoms with Crippen LogP contribution in [-0.4, -0.2) is 53.3 Å². The molecule has 28 heavy (non-hydrogen) atoms. The average molecular weight is 404 g/mol. The Morgan fingerprint density at radius 2 is 1.71 bits per heavy atom. The minimum atomic E-state index is -1.27. The van der Waals surface area contributed by atoms with Crippen molar-refractivity contribution < 1.29 is 14.4 Å². The summed E-state index contributed by atoms with van der Waals surface area (Å²) >= 11 is 6.51. The van der Waals surface area contributed by atoms with Crippen molar-refractivity contribution in [3.63, 3.8) is 0 Å². The number of carbonyl (C=O) groups is 3. The highest BCUT2D eigenvalue weighted by molar-refractivity contribution is 6.32. The van der Waals surface area contributed by atoms with E-state index in [-0.39, 0.29) is 24.3 Å². The fourth-order valence-corrected chi connectivity index (χ4v) is 5.36. The highest BCUT2D eigenvalue weighted by Gasteiger charge is 2.64. The summed E-state index contributed by atoms with van der Waals surface area (Å²) < 4.78 is 0. The molecule has 4 rings (SSSR count). The van der Waals surface area contributed by atoms with E-state index in [9.17, 15) is 14.4 Å². The Morgan fingerprint density at radius 1 is 1.07 bits per heavy atom. The van der Waals surface area contributed by atoms with Crippen LogP contribution in [0.2, 0.25) is 5.02 Å². The molecule has 150 valence electrons. The third kappa shape index (κ3) is 2.50. The van der Waals surface area contributed by atoms with E-state index in [1.54, 1.807) is 6.07 Å². The number of barbiturate groups is 1. The maximum atomic E-state index is 13.7. The van der Waals surface area contributed by atoms with Gasteiger partial charge >= 0.3 is 6.03 Å². The van der Waals surface area contributed by atoms with Gasteiger partial charge in [-0.05, 0) is 43.4 Å². The fraction of sp³-hybridized carbons (Fsp3) is 0.571. The lowest BCUT2D eigenvalue weighted by Gasteiger charge is -2.52. The predicted octanol–water partition coefficient (Wildman–Crippen LogP) is 3.46. The standard InChI is InChI=1S/C21H26ClN3O3/c1-3-10-24-18(26)21(19(27)25(11-4-2)20(24)28)13-14-15(22)7-5-8-16(14)23-12-6-9-17(21)23/h5,7-8,17H,3-4,6,9-13H2,1-2H3. The molecule has 0 bridgehead atoms. The van der Waals surface area contributed by atoms with Gasteiger partial charge in [0, 0.05) is 36.8 Å². The summed E-state index contributed by atoms with van der Waals surface area (Å²) in [6, 6.07) is 5.03. The molecule has 2 saturated heterocycles. The fourth-order valence-electron chi connectivity index (χ4n) is 5.13.